The van der Waals surface area contributed by atoms with Crippen molar-refractivity contribution in [3.05, 3.63) is 96.1 Å². The highest BCUT2D eigenvalue weighted by atomic mass is 16.2. The zero-order valence-corrected chi connectivity index (χ0v) is 21.7. The van der Waals surface area contributed by atoms with E-state index in [1.165, 1.54) is 4.90 Å². The zero-order valence-electron chi connectivity index (χ0n) is 21.7. The second kappa shape index (κ2) is 11.6. The molecule has 4 rings (SSSR count). The SMILES string of the molecule is Cc1ccc(-n2nc(-c3ccccc3)cc2NC(=O)CN(CC(C)C)C(=O)Nc2ccccc2)c(C)c1. The maximum absolute atomic E-state index is 13.3. The van der Waals surface area contributed by atoms with Crippen LogP contribution in [0, 0.1) is 19.8 Å². The molecule has 0 spiro atoms. The maximum Gasteiger partial charge on any atom is 0.322 e. The zero-order chi connectivity index (χ0) is 26.4. The van der Waals surface area contributed by atoms with Gasteiger partial charge in [-0.1, -0.05) is 80.1 Å². The first-order valence-electron chi connectivity index (χ1n) is 12.4. The molecule has 7 nitrogen and oxygen atoms in total. The second-order valence-electron chi connectivity index (χ2n) is 9.60. The van der Waals surface area contributed by atoms with Crippen molar-refractivity contribution in [2.45, 2.75) is 27.7 Å². The van der Waals surface area contributed by atoms with Gasteiger partial charge in [0, 0.05) is 23.9 Å². The van der Waals surface area contributed by atoms with Gasteiger partial charge in [0.05, 0.1) is 11.4 Å². The molecule has 3 amide bonds. The largest absolute Gasteiger partial charge is 0.322 e. The van der Waals surface area contributed by atoms with Crippen LogP contribution in [0.5, 0.6) is 0 Å². The molecule has 2 N–H and O–H groups in total. The van der Waals surface area contributed by atoms with Crippen molar-refractivity contribution in [1.29, 1.82) is 0 Å². The molecule has 0 aliphatic heterocycles. The number of amides is 3. The molecule has 0 unspecified atom stereocenters. The highest BCUT2D eigenvalue weighted by Gasteiger charge is 2.21. The lowest BCUT2D eigenvalue weighted by molar-refractivity contribution is -0.116. The van der Waals surface area contributed by atoms with Crippen molar-refractivity contribution in [3.8, 4) is 16.9 Å². The van der Waals surface area contributed by atoms with Gasteiger partial charge in [-0.3, -0.25) is 4.79 Å². The predicted octanol–water partition coefficient (Wildman–Crippen LogP) is 6.28. The van der Waals surface area contributed by atoms with Crippen LogP contribution in [0.2, 0.25) is 0 Å². The van der Waals surface area contributed by atoms with Gasteiger partial charge >= 0.3 is 6.03 Å². The highest BCUT2D eigenvalue weighted by Crippen LogP contribution is 2.26. The first-order valence-corrected chi connectivity index (χ1v) is 12.4. The fourth-order valence-corrected chi connectivity index (χ4v) is 4.19. The molecule has 1 heterocycles. The highest BCUT2D eigenvalue weighted by molar-refractivity contribution is 5.97. The lowest BCUT2D eigenvalue weighted by Gasteiger charge is -2.24. The van der Waals surface area contributed by atoms with Crippen LogP contribution in [0.4, 0.5) is 16.3 Å². The third kappa shape index (κ3) is 6.64. The van der Waals surface area contributed by atoms with E-state index < -0.39 is 0 Å². The van der Waals surface area contributed by atoms with Gasteiger partial charge in [-0.25, -0.2) is 9.48 Å². The minimum Gasteiger partial charge on any atom is -0.315 e. The number of hydrogen-bond acceptors (Lipinski definition) is 3. The Balaban J connectivity index is 1.60. The van der Waals surface area contributed by atoms with Crippen LogP contribution >= 0.6 is 0 Å². The number of aryl methyl sites for hydroxylation is 2. The Morgan fingerprint density at radius 1 is 0.892 bits per heavy atom. The average molecular weight is 496 g/mol. The molecule has 0 bridgehead atoms. The molecule has 1 aromatic heterocycles. The first-order chi connectivity index (χ1) is 17.8. The summed E-state index contributed by atoms with van der Waals surface area (Å²) < 4.78 is 1.76. The second-order valence-corrected chi connectivity index (χ2v) is 9.60. The van der Waals surface area contributed by atoms with E-state index in [9.17, 15) is 9.59 Å². The summed E-state index contributed by atoms with van der Waals surface area (Å²) in [5, 5.41) is 10.7. The Bertz CT molecular complexity index is 1360. The molecular weight excluding hydrogens is 462 g/mol. The molecule has 37 heavy (non-hydrogen) atoms. The summed E-state index contributed by atoms with van der Waals surface area (Å²) in [6.07, 6.45) is 0. The van der Waals surface area contributed by atoms with Crippen LogP contribution in [-0.2, 0) is 4.79 Å². The number of carbonyl (C=O) groups excluding carboxylic acids is 2. The fraction of sp³-hybridized carbons (Fsp3) is 0.233. The van der Waals surface area contributed by atoms with Gasteiger partial charge in [0.2, 0.25) is 5.91 Å². The van der Waals surface area contributed by atoms with Crippen LogP contribution in [-0.4, -0.2) is 39.7 Å². The van der Waals surface area contributed by atoms with Crippen molar-refractivity contribution in [1.82, 2.24) is 14.7 Å². The quantitative estimate of drug-likeness (QED) is 0.302. The minimum atomic E-state index is -0.317. The lowest BCUT2D eigenvalue weighted by Crippen LogP contribution is -2.42. The van der Waals surface area contributed by atoms with E-state index in [-0.39, 0.29) is 24.4 Å². The van der Waals surface area contributed by atoms with Crippen LogP contribution in [0.1, 0.15) is 25.0 Å². The van der Waals surface area contributed by atoms with Crippen molar-refractivity contribution in [2.75, 3.05) is 23.7 Å². The number of carbonyl (C=O) groups is 2. The number of nitrogens with one attached hydrogen (secondary N) is 2. The van der Waals surface area contributed by atoms with E-state index in [1.807, 2.05) is 107 Å². The van der Waals surface area contributed by atoms with Gasteiger partial charge in [0.25, 0.3) is 0 Å². The molecule has 0 atom stereocenters. The topological polar surface area (TPSA) is 79.3 Å². The Kier molecular flexibility index (Phi) is 8.03. The van der Waals surface area contributed by atoms with Gasteiger partial charge in [-0.2, -0.15) is 5.10 Å². The lowest BCUT2D eigenvalue weighted by atomic mass is 10.1. The Morgan fingerprint density at radius 2 is 1.57 bits per heavy atom. The number of hydrogen-bond donors (Lipinski definition) is 2. The number of para-hydroxylation sites is 1. The number of anilines is 2. The van der Waals surface area contributed by atoms with E-state index in [4.69, 9.17) is 5.10 Å². The fourth-order valence-electron chi connectivity index (χ4n) is 4.19. The van der Waals surface area contributed by atoms with Crippen molar-refractivity contribution in [3.63, 3.8) is 0 Å². The first kappa shape index (κ1) is 25.7. The van der Waals surface area contributed by atoms with E-state index in [2.05, 4.69) is 16.7 Å². The third-order valence-corrected chi connectivity index (χ3v) is 5.86. The van der Waals surface area contributed by atoms with Gasteiger partial charge in [-0.15, -0.1) is 0 Å². The molecule has 190 valence electrons. The predicted molar refractivity (Wildman–Crippen MR) is 149 cm³/mol. The van der Waals surface area contributed by atoms with E-state index in [0.29, 0.717) is 18.1 Å². The van der Waals surface area contributed by atoms with Crippen LogP contribution in [0.3, 0.4) is 0 Å². The summed E-state index contributed by atoms with van der Waals surface area (Å²) in [5.41, 5.74) is 5.45. The Hall–Kier alpha value is -4.39. The maximum atomic E-state index is 13.3. The van der Waals surface area contributed by atoms with E-state index in [1.54, 1.807) is 4.68 Å². The Labute approximate surface area is 218 Å². The molecule has 0 radical (unpaired) electrons. The smallest absolute Gasteiger partial charge is 0.315 e. The molecule has 4 aromatic rings. The van der Waals surface area contributed by atoms with E-state index >= 15 is 0 Å². The van der Waals surface area contributed by atoms with Crippen molar-refractivity contribution < 1.29 is 9.59 Å². The summed E-state index contributed by atoms with van der Waals surface area (Å²) in [6.45, 7) is 8.45. The number of aromatic nitrogens is 2. The Morgan fingerprint density at radius 3 is 2.22 bits per heavy atom. The normalized spacial score (nSPS) is 10.8. The summed E-state index contributed by atoms with van der Waals surface area (Å²) >= 11 is 0. The van der Waals surface area contributed by atoms with E-state index in [0.717, 1.165) is 28.1 Å². The number of benzene rings is 3. The molecule has 0 fully saturated rings. The van der Waals surface area contributed by atoms with Gasteiger partial charge in [-0.05, 0) is 43.5 Å². The molecular formula is C30H33N5O2. The van der Waals surface area contributed by atoms with Crippen molar-refractivity contribution >= 4 is 23.4 Å². The molecule has 0 aliphatic carbocycles. The van der Waals surface area contributed by atoms with Gasteiger partial charge in [0.1, 0.15) is 12.4 Å². The van der Waals surface area contributed by atoms with Crippen molar-refractivity contribution in [2.24, 2.45) is 5.92 Å². The minimum absolute atomic E-state index is 0.0877. The van der Waals surface area contributed by atoms with Crippen LogP contribution in [0.25, 0.3) is 16.9 Å². The standard InChI is InChI=1S/C30H33N5O2/c1-21(2)19-34(30(37)31-25-13-9-6-10-14-25)20-29(36)32-28-18-26(24-11-7-5-8-12-24)33-35(28)27-16-15-22(3)17-23(27)4/h5-18,21H,19-20H2,1-4H3,(H,31,37)(H,32,36). The molecule has 0 saturated carbocycles. The van der Waals surface area contributed by atoms with Gasteiger partial charge in [0.15, 0.2) is 0 Å². The summed E-state index contributed by atoms with van der Waals surface area (Å²) in [6, 6.07) is 26.7. The van der Waals surface area contributed by atoms with Crippen LogP contribution in [0.15, 0.2) is 84.9 Å². The molecule has 7 heteroatoms. The summed E-state index contributed by atoms with van der Waals surface area (Å²) in [5.74, 6) is 0.443. The van der Waals surface area contributed by atoms with Crippen LogP contribution < -0.4 is 10.6 Å². The third-order valence-electron chi connectivity index (χ3n) is 5.86. The molecule has 0 saturated heterocycles. The van der Waals surface area contributed by atoms with Gasteiger partial charge < -0.3 is 15.5 Å². The number of urea groups is 1. The molecule has 3 aromatic carbocycles. The summed E-state index contributed by atoms with van der Waals surface area (Å²) in [7, 11) is 0. The summed E-state index contributed by atoms with van der Waals surface area (Å²) in [4.78, 5) is 27.8. The number of nitrogens with zero attached hydrogens (tertiary/aromatic N) is 3. The molecule has 0 aliphatic rings. The number of rotatable bonds is 8. The average Bonchev–Trinajstić information content (AvgIpc) is 3.27. The monoisotopic (exact) mass is 495 g/mol.